The molecule has 0 aliphatic carbocycles. The fourth-order valence-corrected chi connectivity index (χ4v) is 4.33. The predicted octanol–water partition coefficient (Wildman–Crippen LogP) is 4.60. The molecule has 0 radical (unpaired) electrons. The highest BCUT2D eigenvalue weighted by molar-refractivity contribution is 9.10. The molecule has 1 N–H and O–H groups in total. The molecule has 1 aromatic rings. The van der Waals surface area contributed by atoms with Crippen LogP contribution in [0.5, 0.6) is 0 Å². The Balaban J connectivity index is 1.84. The van der Waals surface area contributed by atoms with Gasteiger partial charge in [-0.3, -0.25) is 0 Å². The van der Waals surface area contributed by atoms with Crippen LogP contribution in [0.4, 0.5) is 5.69 Å². The van der Waals surface area contributed by atoms with Gasteiger partial charge in [-0.05, 0) is 72.8 Å². The molecule has 0 aromatic heterocycles. The van der Waals surface area contributed by atoms with Gasteiger partial charge in [0.25, 0.3) is 0 Å². The zero-order chi connectivity index (χ0) is 14.1. The van der Waals surface area contributed by atoms with Crippen LogP contribution < -0.4 is 10.2 Å². The molecule has 0 spiro atoms. The van der Waals surface area contributed by atoms with Gasteiger partial charge in [0.1, 0.15) is 0 Å². The van der Waals surface area contributed by atoms with Crippen molar-refractivity contribution < 1.29 is 0 Å². The molecular formula is C16H22BrClN2. The van der Waals surface area contributed by atoms with Crippen molar-refractivity contribution in [3.05, 3.63) is 27.7 Å². The maximum absolute atomic E-state index is 6.28. The normalized spacial score (nSPS) is 29.6. The Morgan fingerprint density at radius 1 is 1.30 bits per heavy atom. The third kappa shape index (κ3) is 2.86. The third-order valence-electron chi connectivity index (χ3n) is 4.67. The molecule has 2 saturated heterocycles. The van der Waals surface area contributed by atoms with Crippen molar-refractivity contribution in [1.29, 1.82) is 0 Å². The fourth-order valence-electron chi connectivity index (χ4n) is 3.90. The number of rotatable bonds is 3. The first kappa shape index (κ1) is 14.7. The van der Waals surface area contributed by atoms with E-state index in [4.69, 9.17) is 11.6 Å². The number of anilines is 1. The molecule has 2 unspecified atom stereocenters. The van der Waals surface area contributed by atoms with Crippen LogP contribution in [-0.4, -0.2) is 24.7 Å². The van der Waals surface area contributed by atoms with Gasteiger partial charge in [-0.25, -0.2) is 0 Å². The molecule has 2 fully saturated rings. The second-order valence-electron chi connectivity index (χ2n) is 5.97. The second-order valence-corrected chi connectivity index (χ2v) is 7.23. The van der Waals surface area contributed by atoms with Crippen LogP contribution in [-0.2, 0) is 0 Å². The Bertz CT molecular complexity index is 466. The van der Waals surface area contributed by atoms with Crippen molar-refractivity contribution >= 4 is 33.2 Å². The SMILES string of the molecule is CCNC1CC2CCCC(C1)N2c1ccc(Br)c(Cl)c1. The molecule has 2 bridgehead atoms. The zero-order valence-corrected chi connectivity index (χ0v) is 14.3. The maximum atomic E-state index is 6.28. The number of nitrogens with one attached hydrogen (secondary N) is 1. The summed E-state index contributed by atoms with van der Waals surface area (Å²) in [6.07, 6.45) is 6.52. The largest absolute Gasteiger partial charge is 0.365 e. The lowest BCUT2D eigenvalue weighted by atomic mass is 9.81. The lowest BCUT2D eigenvalue weighted by molar-refractivity contribution is 0.247. The Labute approximate surface area is 135 Å². The van der Waals surface area contributed by atoms with Crippen LogP contribution in [0.15, 0.2) is 22.7 Å². The molecule has 2 nitrogen and oxygen atoms in total. The highest BCUT2D eigenvalue weighted by Gasteiger charge is 2.38. The summed E-state index contributed by atoms with van der Waals surface area (Å²) in [5.74, 6) is 0. The summed E-state index contributed by atoms with van der Waals surface area (Å²) in [6.45, 7) is 3.28. The van der Waals surface area contributed by atoms with Crippen LogP contribution in [0.1, 0.15) is 39.0 Å². The topological polar surface area (TPSA) is 15.3 Å². The average molecular weight is 358 g/mol. The van der Waals surface area contributed by atoms with Crippen molar-refractivity contribution in [1.82, 2.24) is 5.32 Å². The highest BCUT2D eigenvalue weighted by atomic mass is 79.9. The molecule has 20 heavy (non-hydrogen) atoms. The molecule has 2 atom stereocenters. The van der Waals surface area contributed by atoms with Crippen molar-refractivity contribution in [2.24, 2.45) is 0 Å². The summed E-state index contributed by atoms with van der Waals surface area (Å²) >= 11 is 9.77. The van der Waals surface area contributed by atoms with Crippen molar-refractivity contribution in [2.45, 2.75) is 57.2 Å². The number of fused-ring (bicyclic) bond motifs is 2. The number of benzene rings is 1. The summed E-state index contributed by atoms with van der Waals surface area (Å²) in [5, 5.41) is 4.46. The van der Waals surface area contributed by atoms with Crippen molar-refractivity contribution in [3.8, 4) is 0 Å². The molecule has 2 aliphatic heterocycles. The average Bonchev–Trinajstić information content (AvgIpc) is 2.41. The molecule has 0 saturated carbocycles. The van der Waals surface area contributed by atoms with E-state index in [1.807, 2.05) is 0 Å². The van der Waals surface area contributed by atoms with Gasteiger partial charge in [0.15, 0.2) is 0 Å². The van der Waals surface area contributed by atoms with Gasteiger partial charge in [0.2, 0.25) is 0 Å². The molecule has 2 heterocycles. The van der Waals surface area contributed by atoms with E-state index in [9.17, 15) is 0 Å². The molecule has 4 heteroatoms. The minimum atomic E-state index is 0.670. The molecule has 3 rings (SSSR count). The number of piperidine rings is 2. The summed E-state index contributed by atoms with van der Waals surface area (Å²) < 4.78 is 0.982. The molecule has 0 amide bonds. The number of hydrogen-bond donors (Lipinski definition) is 1. The number of nitrogens with zero attached hydrogens (tertiary/aromatic N) is 1. The quantitative estimate of drug-likeness (QED) is 0.850. The Morgan fingerprint density at radius 3 is 2.60 bits per heavy atom. The fraction of sp³-hybridized carbons (Fsp3) is 0.625. The van der Waals surface area contributed by atoms with E-state index in [1.54, 1.807) is 0 Å². The Kier molecular flexibility index (Phi) is 4.58. The van der Waals surface area contributed by atoms with Crippen LogP contribution in [0.2, 0.25) is 5.02 Å². The molecule has 2 aliphatic rings. The highest BCUT2D eigenvalue weighted by Crippen LogP contribution is 2.39. The van der Waals surface area contributed by atoms with Gasteiger partial charge < -0.3 is 10.2 Å². The second kappa shape index (κ2) is 6.25. The van der Waals surface area contributed by atoms with Crippen molar-refractivity contribution in [2.75, 3.05) is 11.4 Å². The van der Waals surface area contributed by atoms with E-state index in [-0.39, 0.29) is 0 Å². The van der Waals surface area contributed by atoms with Crippen LogP contribution in [0.3, 0.4) is 0 Å². The summed E-state index contributed by atoms with van der Waals surface area (Å²) in [4.78, 5) is 2.63. The lowest BCUT2D eigenvalue weighted by Crippen LogP contribution is -2.56. The van der Waals surface area contributed by atoms with Gasteiger partial charge in [-0.15, -0.1) is 0 Å². The van der Waals surface area contributed by atoms with E-state index < -0.39 is 0 Å². The van der Waals surface area contributed by atoms with E-state index in [1.165, 1.54) is 37.8 Å². The monoisotopic (exact) mass is 356 g/mol. The number of halogens is 2. The maximum Gasteiger partial charge on any atom is 0.0568 e. The van der Waals surface area contributed by atoms with E-state index >= 15 is 0 Å². The third-order valence-corrected chi connectivity index (χ3v) is 5.90. The Hall–Kier alpha value is -0.250. The van der Waals surface area contributed by atoms with E-state index in [0.717, 1.165) is 16.0 Å². The first-order valence-corrected chi connectivity index (χ1v) is 8.83. The molecular weight excluding hydrogens is 336 g/mol. The lowest BCUT2D eigenvalue weighted by Gasteiger charge is -2.50. The van der Waals surface area contributed by atoms with Gasteiger partial charge in [-0.2, -0.15) is 0 Å². The van der Waals surface area contributed by atoms with Gasteiger partial charge in [0.05, 0.1) is 5.02 Å². The molecule has 110 valence electrons. The van der Waals surface area contributed by atoms with Gasteiger partial charge >= 0.3 is 0 Å². The van der Waals surface area contributed by atoms with E-state index in [2.05, 4.69) is 51.3 Å². The number of hydrogen-bond acceptors (Lipinski definition) is 2. The van der Waals surface area contributed by atoms with Crippen LogP contribution in [0, 0.1) is 0 Å². The van der Waals surface area contributed by atoms with Crippen LogP contribution in [0.25, 0.3) is 0 Å². The van der Waals surface area contributed by atoms with Gasteiger partial charge in [-0.1, -0.05) is 18.5 Å². The van der Waals surface area contributed by atoms with Crippen LogP contribution >= 0.6 is 27.5 Å². The first-order chi connectivity index (χ1) is 9.69. The Morgan fingerprint density at radius 2 is 2.00 bits per heavy atom. The summed E-state index contributed by atoms with van der Waals surface area (Å²) in [7, 11) is 0. The summed E-state index contributed by atoms with van der Waals surface area (Å²) in [6, 6.07) is 8.42. The minimum Gasteiger partial charge on any atom is -0.365 e. The predicted molar refractivity (Wildman–Crippen MR) is 89.8 cm³/mol. The minimum absolute atomic E-state index is 0.670. The van der Waals surface area contributed by atoms with E-state index in [0.29, 0.717) is 18.1 Å². The van der Waals surface area contributed by atoms with Crippen molar-refractivity contribution in [3.63, 3.8) is 0 Å². The standard InChI is InChI=1S/C16H22BrClN2/c1-2-19-11-8-12-4-3-5-13(9-11)20(12)14-6-7-15(17)16(18)10-14/h6-7,10-13,19H,2-5,8-9H2,1H3. The first-order valence-electron chi connectivity index (χ1n) is 7.65. The summed E-state index contributed by atoms with van der Waals surface area (Å²) in [5.41, 5.74) is 1.29. The van der Waals surface area contributed by atoms with Gasteiger partial charge in [0, 0.05) is 28.3 Å². The smallest absolute Gasteiger partial charge is 0.0568 e. The molecule has 1 aromatic carbocycles. The zero-order valence-electron chi connectivity index (χ0n) is 11.9.